The van der Waals surface area contributed by atoms with Crippen LogP contribution in [0.15, 0.2) is 47.0 Å². The minimum Gasteiger partial charge on any atom is -0.496 e. The van der Waals surface area contributed by atoms with Crippen molar-refractivity contribution in [2.75, 3.05) is 28.4 Å². The molecule has 6 nitrogen and oxygen atoms in total. The van der Waals surface area contributed by atoms with Crippen LogP contribution >= 0.6 is 0 Å². The molecule has 0 saturated heterocycles. The Morgan fingerprint density at radius 1 is 0.710 bits per heavy atom. The molecule has 0 amide bonds. The summed E-state index contributed by atoms with van der Waals surface area (Å²) in [6.45, 7) is 4.08. The summed E-state index contributed by atoms with van der Waals surface area (Å²) >= 11 is 0. The maximum atomic E-state index is 6.30. The summed E-state index contributed by atoms with van der Waals surface area (Å²) in [5.74, 6) is 3.22. The van der Waals surface area contributed by atoms with E-state index < -0.39 is 0 Å². The number of benzene rings is 2. The van der Waals surface area contributed by atoms with E-state index in [1.54, 1.807) is 34.6 Å². The zero-order valence-electron chi connectivity index (χ0n) is 18.5. The molecule has 0 radical (unpaired) electrons. The Morgan fingerprint density at radius 3 is 1.87 bits per heavy atom. The van der Waals surface area contributed by atoms with E-state index in [-0.39, 0.29) is 0 Å². The maximum absolute atomic E-state index is 6.30. The second kappa shape index (κ2) is 8.22. The largest absolute Gasteiger partial charge is 0.496 e. The first-order valence-corrected chi connectivity index (χ1v) is 9.85. The molecule has 0 unspecified atom stereocenters. The molecule has 0 aliphatic rings. The number of aromatic nitrogens is 1. The Bertz CT molecular complexity index is 1210. The molecule has 0 N–H and O–H groups in total. The average Bonchev–Trinajstić information content (AvgIpc) is 3.22. The molecule has 0 spiro atoms. The summed E-state index contributed by atoms with van der Waals surface area (Å²) in [4.78, 5) is 4.51. The fraction of sp³-hybridized carbons (Fsp3) is 0.240. The highest BCUT2D eigenvalue weighted by Gasteiger charge is 2.18. The summed E-state index contributed by atoms with van der Waals surface area (Å²) in [7, 11) is 6.45. The highest BCUT2D eigenvalue weighted by molar-refractivity contribution is 5.93. The van der Waals surface area contributed by atoms with Gasteiger partial charge in [0.15, 0.2) is 17.1 Å². The van der Waals surface area contributed by atoms with Crippen LogP contribution in [0.5, 0.6) is 23.0 Å². The molecule has 0 saturated carbocycles. The van der Waals surface area contributed by atoms with Crippen molar-refractivity contribution in [2.45, 2.75) is 13.8 Å². The van der Waals surface area contributed by atoms with Gasteiger partial charge in [0.05, 0.1) is 28.4 Å². The third kappa shape index (κ3) is 3.54. The lowest BCUT2D eigenvalue weighted by atomic mass is 10.00. The molecule has 0 bridgehead atoms. The predicted octanol–water partition coefficient (Wildman–Crippen LogP) is 5.81. The van der Waals surface area contributed by atoms with Gasteiger partial charge < -0.3 is 23.4 Å². The molecule has 0 fully saturated rings. The van der Waals surface area contributed by atoms with Crippen LogP contribution in [0.3, 0.4) is 0 Å². The van der Waals surface area contributed by atoms with Crippen LogP contribution in [-0.4, -0.2) is 33.4 Å². The van der Waals surface area contributed by atoms with Crippen molar-refractivity contribution >= 4 is 11.1 Å². The molecule has 160 valence electrons. The molecule has 0 atom stereocenters. The highest BCUT2D eigenvalue weighted by Crippen LogP contribution is 2.43. The second-order valence-corrected chi connectivity index (χ2v) is 7.24. The van der Waals surface area contributed by atoms with E-state index in [9.17, 15) is 0 Å². The number of pyridine rings is 1. The molecule has 2 aromatic heterocycles. The fourth-order valence-electron chi connectivity index (χ4n) is 3.96. The van der Waals surface area contributed by atoms with Gasteiger partial charge in [0.25, 0.3) is 0 Å². The quantitative estimate of drug-likeness (QED) is 0.393. The van der Waals surface area contributed by atoms with Gasteiger partial charge in [-0.2, -0.15) is 0 Å². The van der Waals surface area contributed by atoms with Crippen LogP contribution in [0, 0.1) is 13.8 Å². The zero-order valence-corrected chi connectivity index (χ0v) is 18.5. The Kier molecular flexibility index (Phi) is 5.46. The van der Waals surface area contributed by atoms with Crippen LogP contribution < -0.4 is 18.9 Å². The standard InChI is InChI=1S/C25H25NO5/c1-14-9-16(10-15(2)23(14)29-5)18-7-8-26-19-13-20(31-24(18)19)17-11-21(27-3)25(30-6)22(12-17)28-4/h7-13H,1-6H3. The fourth-order valence-corrected chi connectivity index (χ4v) is 3.96. The van der Waals surface area contributed by atoms with Crippen molar-refractivity contribution in [1.82, 2.24) is 4.98 Å². The van der Waals surface area contributed by atoms with Crippen molar-refractivity contribution in [3.8, 4) is 45.4 Å². The first kappa shape index (κ1) is 20.6. The summed E-state index contributed by atoms with van der Waals surface area (Å²) in [5.41, 5.74) is 6.45. The van der Waals surface area contributed by atoms with Crippen LogP contribution in [0.25, 0.3) is 33.6 Å². The molecule has 2 aromatic carbocycles. The SMILES string of the molecule is COc1cc(-c2cc3nccc(-c4cc(C)c(OC)c(C)c4)c3o2)cc(OC)c1OC. The van der Waals surface area contributed by atoms with Gasteiger partial charge >= 0.3 is 0 Å². The summed E-state index contributed by atoms with van der Waals surface area (Å²) in [6.07, 6.45) is 1.79. The van der Waals surface area contributed by atoms with Gasteiger partial charge in [-0.25, -0.2) is 0 Å². The van der Waals surface area contributed by atoms with E-state index in [1.807, 2.05) is 38.1 Å². The molecule has 0 aliphatic carbocycles. The molecule has 6 heteroatoms. The van der Waals surface area contributed by atoms with Gasteiger partial charge in [0.2, 0.25) is 5.75 Å². The van der Waals surface area contributed by atoms with E-state index in [4.69, 9.17) is 23.4 Å². The van der Waals surface area contributed by atoms with E-state index >= 15 is 0 Å². The Hall–Kier alpha value is -3.67. The monoisotopic (exact) mass is 419 g/mol. The lowest BCUT2D eigenvalue weighted by molar-refractivity contribution is 0.324. The highest BCUT2D eigenvalue weighted by atomic mass is 16.5. The number of aryl methyl sites for hydroxylation is 2. The minimum absolute atomic E-state index is 0.535. The summed E-state index contributed by atoms with van der Waals surface area (Å²) in [5, 5.41) is 0. The van der Waals surface area contributed by atoms with E-state index in [2.05, 4.69) is 17.1 Å². The first-order chi connectivity index (χ1) is 15.0. The van der Waals surface area contributed by atoms with Gasteiger partial charge in [-0.1, -0.05) is 0 Å². The Morgan fingerprint density at radius 2 is 1.32 bits per heavy atom. The van der Waals surface area contributed by atoms with Crippen LogP contribution in [-0.2, 0) is 0 Å². The van der Waals surface area contributed by atoms with Gasteiger partial charge in [-0.3, -0.25) is 4.98 Å². The van der Waals surface area contributed by atoms with E-state index in [0.717, 1.165) is 44.7 Å². The smallest absolute Gasteiger partial charge is 0.203 e. The number of rotatable bonds is 6. The number of furan rings is 1. The second-order valence-electron chi connectivity index (χ2n) is 7.24. The topological polar surface area (TPSA) is 63.0 Å². The molecule has 4 aromatic rings. The molecular weight excluding hydrogens is 394 g/mol. The molecule has 4 rings (SSSR count). The Labute approximate surface area is 181 Å². The number of methoxy groups -OCH3 is 4. The predicted molar refractivity (Wildman–Crippen MR) is 121 cm³/mol. The number of nitrogens with zero attached hydrogens (tertiary/aromatic N) is 1. The Balaban J connectivity index is 1.88. The van der Waals surface area contributed by atoms with E-state index in [0.29, 0.717) is 23.0 Å². The van der Waals surface area contributed by atoms with Gasteiger partial charge in [0, 0.05) is 23.4 Å². The van der Waals surface area contributed by atoms with Gasteiger partial charge in [-0.05, 0) is 60.9 Å². The third-order valence-electron chi connectivity index (χ3n) is 5.34. The molecule has 31 heavy (non-hydrogen) atoms. The average molecular weight is 419 g/mol. The molecular formula is C25H25NO5. The van der Waals surface area contributed by atoms with Crippen LogP contribution in [0.2, 0.25) is 0 Å². The first-order valence-electron chi connectivity index (χ1n) is 9.85. The van der Waals surface area contributed by atoms with Crippen molar-refractivity contribution in [2.24, 2.45) is 0 Å². The van der Waals surface area contributed by atoms with Crippen LogP contribution in [0.1, 0.15) is 11.1 Å². The lowest BCUT2D eigenvalue weighted by Crippen LogP contribution is -1.95. The van der Waals surface area contributed by atoms with Crippen molar-refractivity contribution in [3.63, 3.8) is 0 Å². The van der Waals surface area contributed by atoms with Gasteiger partial charge in [0.1, 0.15) is 17.0 Å². The van der Waals surface area contributed by atoms with Crippen molar-refractivity contribution in [3.05, 3.63) is 53.7 Å². The van der Waals surface area contributed by atoms with Crippen LogP contribution in [0.4, 0.5) is 0 Å². The summed E-state index contributed by atoms with van der Waals surface area (Å²) in [6, 6.07) is 11.8. The third-order valence-corrected chi connectivity index (χ3v) is 5.34. The number of hydrogen-bond acceptors (Lipinski definition) is 6. The minimum atomic E-state index is 0.535. The molecule has 2 heterocycles. The van der Waals surface area contributed by atoms with Crippen molar-refractivity contribution < 1.29 is 23.4 Å². The lowest BCUT2D eigenvalue weighted by Gasteiger charge is -2.13. The molecule has 0 aliphatic heterocycles. The van der Waals surface area contributed by atoms with Gasteiger partial charge in [-0.15, -0.1) is 0 Å². The maximum Gasteiger partial charge on any atom is 0.203 e. The number of ether oxygens (including phenoxy) is 4. The normalized spacial score (nSPS) is 10.9. The number of hydrogen-bond donors (Lipinski definition) is 0. The number of fused-ring (bicyclic) bond motifs is 1. The zero-order chi connectivity index (χ0) is 22.1. The summed E-state index contributed by atoms with van der Waals surface area (Å²) < 4.78 is 28.2. The van der Waals surface area contributed by atoms with E-state index in [1.165, 1.54) is 0 Å². The van der Waals surface area contributed by atoms with Crippen molar-refractivity contribution in [1.29, 1.82) is 0 Å².